The van der Waals surface area contributed by atoms with Crippen molar-refractivity contribution in [3.8, 4) is 11.5 Å². The molecular weight excluding hydrogens is 378 g/mol. The summed E-state index contributed by atoms with van der Waals surface area (Å²) >= 11 is 0. The van der Waals surface area contributed by atoms with Crippen LogP contribution < -0.4 is 24.6 Å². The molecule has 0 aromatic heterocycles. The van der Waals surface area contributed by atoms with Crippen molar-refractivity contribution in [2.24, 2.45) is 0 Å². The maximum absolute atomic E-state index is 12.7. The third-order valence-electron chi connectivity index (χ3n) is 6.16. The minimum Gasteiger partial charge on any atom is -0.454 e. The predicted octanol–water partition coefficient (Wildman–Crippen LogP) is 0.769. The fourth-order valence-corrected chi connectivity index (χ4v) is 4.40. The monoisotopic (exact) mass is 411 g/mol. The number of hydrogen-bond acceptors (Lipinski definition) is 3. The lowest BCUT2D eigenvalue weighted by molar-refractivity contribution is -1.02. The number of rotatable bonds is 6. The molecule has 2 aliphatic heterocycles. The molecule has 1 saturated heterocycles. The number of benzene rings is 2. The first-order chi connectivity index (χ1) is 14.5. The summed E-state index contributed by atoms with van der Waals surface area (Å²) in [6.45, 7) is 12.4. The topological polar surface area (TPSA) is 56.4 Å². The second kappa shape index (κ2) is 9.06. The van der Waals surface area contributed by atoms with Crippen molar-refractivity contribution in [3.63, 3.8) is 0 Å². The van der Waals surface area contributed by atoms with Crippen LogP contribution in [0, 0.1) is 6.92 Å². The summed E-state index contributed by atoms with van der Waals surface area (Å²) in [6.07, 6.45) is 0. The first-order valence-corrected chi connectivity index (χ1v) is 10.9. The number of nitrogens with one attached hydrogen (secondary N) is 3. The molecule has 2 heterocycles. The number of anilines is 1. The summed E-state index contributed by atoms with van der Waals surface area (Å²) in [4.78, 5) is 15.6. The molecule has 30 heavy (non-hydrogen) atoms. The zero-order chi connectivity index (χ0) is 21.1. The average molecular weight is 412 g/mol. The van der Waals surface area contributed by atoms with Crippen molar-refractivity contribution in [1.29, 1.82) is 0 Å². The number of amides is 1. The maximum atomic E-state index is 12.7. The Morgan fingerprint density at radius 1 is 1.03 bits per heavy atom. The lowest BCUT2D eigenvalue weighted by Gasteiger charge is -2.29. The SMILES string of the molecule is Cc1cccc(C(C)C)c1NC(=O)C[NH+]1CC[NH+](Cc2ccc3c(c2)OCO3)CC1. The van der Waals surface area contributed by atoms with E-state index >= 15 is 0 Å². The van der Waals surface area contributed by atoms with E-state index in [4.69, 9.17) is 9.47 Å². The summed E-state index contributed by atoms with van der Waals surface area (Å²) in [6, 6.07) is 12.5. The molecule has 0 bridgehead atoms. The number of ether oxygens (including phenoxy) is 2. The Balaban J connectivity index is 1.27. The quantitative estimate of drug-likeness (QED) is 0.658. The van der Waals surface area contributed by atoms with Crippen molar-refractivity contribution >= 4 is 11.6 Å². The van der Waals surface area contributed by atoms with E-state index in [1.54, 1.807) is 4.90 Å². The second-order valence-electron chi connectivity index (χ2n) is 8.78. The van der Waals surface area contributed by atoms with Gasteiger partial charge in [-0.25, -0.2) is 0 Å². The molecule has 0 spiro atoms. The molecule has 6 heteroatoms. The molecule has 0 atom stereocenters. The second-order valence-corrected chi connectivity index (χ2v) is 8.78. The van der Waals surface area contributed by atoms with E-state index in [9.17, 15) is 4.79 Å². The molecule has 0 unspecified atom stereocenters. The van der Waals surface area contributed by atoms with Crippen molar-refractivity contribution < 1.29 is 24.1 Å². The van der Waals surface area contributed by atoms with Gasteiger partial charge >= 0.3 is 0 Å². The fourth-order valence-electron chi connectivity index (χ4n) is 4.40. The van der Waals surface area contributed by atoms with E-state index < -0.39 is 0 Å². The third kappa shape index (κ3) is 4.77. The normalized spacial score (nSPS) is 20.4. The van der Waals surface area contributed by atoms with E-state index in [2.05, 4.69) is 56.4 Å². The molecule has 2 aromatic carbocycles. The van der Waals surface area contributed by atoms with E-state index in [0.717, 1.165) is 55.5 Å². The summed E-state index contributed by atoms with van der Waals surface area (Å²) in [7, 11) is 0. The Labute approximate surface area is 178 Å². The van der Waals surface area contributed by atoms with Crippen molar-refractivity contribution in [1.82, 2.24) is 0 Å². The zero-order valence-corrected chi connectivity index (χ0v) is 18.2. The Morgan fingerprint density at radius 3 is 2.53 bits per heavy atom. The van der Waals surface area contributed by atoms with Crippen molar-refractivity contribution in [2.75, 3.05) is 44.8 Å². The smallest absolute Gasteiger partial charge is 0.279 e. The van der Waals surface area contributed by atoms with Crippen molar-refractivity contribution in [3.05, 3.63) is 53.1 Å². The van der Waals surface area contributed by atoms with Gasteiger partial charge in [0.15, 0.2) is 18.0 Å². The van der Waals surface area contributed by atoms with Crippen LogP contribution in [0.4, 0.5) is 5.69 Å². The average Bonchev–Trinajstić information content (AvgIpc) is 3.18. The summed E-state index contributed by atoms with van der Waals surface area (Å²) in [5.74, 6) is 2.18. The molecule has 2 aliphatic rings. The number of carbonyl (C=O) groups excluding carboxylic acids is 1. The number of aryl methyl sites for hydroxylation is 1. The van der Waals surface area contributed by atoms with E-state index in [-0.39, 0.29) is 5.91 Å². The Kier molecular flexibility index (Phi) is 6.25. The van der Waals surface area contributed by atoms with Crippen LogP contribution in [0.2, 0.25) is 0 Å². The standard InChI is InChI=1S/C24H31N3O3/c1-17(2)20-6-4-5-18(3)24(20)25-23(28)15-27-11-9-26(10-12-27)14-19-7-8-21-22(13-19)30-16-29-21/h4-8,13,17H,9-12,14-16H2,1-3H3,(H,25,28)/p+2. The largest absolute Gasteiger partial charge is 0.454 e. The van der Waals surface area contributed by atoms with Crippen LogP contribution in [0.1, 0.15) is 36.5 Å². The lowest BCUT2D eigenvalue weighted by Crippen LogP contribution is -3.28. The van der Waals surface area contributed by atoms with Gasteiger partial charge in [0.2, 0.25) is 6.79 Å². The van der Waals surface area contributed by atoms with Gasteiger partial charge in [0, 0.05) is 11.3 Å². The third-order valence-corrected chi connectivity index (χ3v) is 6.16. The van der Waals surface area contributed by atoms with Gasteiger partial charge in [-0.15, -0.1) is 0 Å². The molecule has 1 fully saturated rings. The first-order valence-electron chi connectivity index (χ1n) is 10.9. The van der Waals surface area contributed by atoms with Gasteiger partial charge in [-0.3, -0.25) is 4.79 Å². The molecule has 1 amide bonds. The number of quaternary nitrogens is 2. The van der Waals surface area contributed by atoms with Crippen LogP contribution in [0.15, 0.2) is 36.4 Å². The Morgan fingerprint density at radius 2 is 1.77 bits per heavy atom. The molecule has 3 N–H and O–H groups in total. The molecule has 0 saturated carbocycles. The number of fused-ring (bicyclic) bond motifs is 1. The highest BCUT2D eigenvalue weighted by atomic mass is 16.7. The summed E-state index contributed by atoms with van der Waals surface area (Å²) < 4.78 is 10.9. The molecule has 4 rings (SSSR count). The van der Waals surface area contributed by atoms with Crippen LogP contribution in [0.25, 0.3) is 0 Å². The van der Waals surface area contributed by atoms with E-state index in [1.165, 1.54) is 16.0 Å². The fraction of sp³-hybridized carbons (Fsp3) is 0.458. The number of para-hydroxylation sites is 1. The minimum absolute atomic E-state index is 0.112. The molecule has 6 nitrogen and oxygen atoms in total. The molecule has 0 radical (unpaired) electrons. The number of piperazine rings is 1. The predicted molar refractivity (Wildman–Crippen MR) is 116 cm³/mol. The van der Waals surface area contributed by atoms with Gasteiger partial charge < -0.3 is 24.6 Å². The molecule has 0 aliphatic carbocycles. The highest BCUT2D eigenvalue weighted by Crippen LogP contribution is 2.32. The van der Waals surface area contributed by atoms with Gasteiger partial charge in [0.05, 0.1) is 0 Å². The highest BCUT2D eigenvalue weighted by molar-refractivity contribution is 5.93. The van der Waals surface area contributed by atoms with Gasteiger partial charge in [-0.05, 0) is 42.2 Å². The van der Waals surface area contributed by atoms with Crippen LogP contribution in [0.5, 0.6) is 11.5 Å². The van der Waals surface area contributed by atoms with Crippen LogP contribution in [0.3, 0.4) is 0 Å². The number of hydrogen-bond donors (Lipinski definition) is 3. The van der Waals surface area contributed by atoms with E-state index in [0.29, 0.717) is 19.3 Å². The summed E-state index contributed by atoms with van der Waals surface area (Å²) in [5.41, 5.74) is 4.60. The Hall–Kier alpha value is -2.57. The zero-order valence-electron chi connectivity index (χ0n) is 18.2. The minimum atomic E-state index is 0.112. The summed E-state index contributed by atoms with van der Waals surface area (Å²) in [5, 5.41) is 3.19. The van der Waals surface area contributed by atoms with Crippen LogP contribution >= 0.6 is 0 Å². The highest BCUT2D eigenvalue weighted by Gasteiger charge is 2.26. The maximum Gasteiger partial charge on any atom is 0.279 e. The van der Waals surface area contributed by atoms with E-state index in [1.807, 2.05) is 6.07 Å². The van der Waals surface area contributed by atoms with Gasteiger partial charge in [0.25, 0.3) is 5.91 Å². The first kappa shape index (κ1) is 20.7. The van der Waals surface area contributed by atoms with Gasteiger partial charge in [-0.2, -0.15) is 0 Å². The van der Waals surface area contributed by atoms with Crippen LogP contribution in [-0.4, -0.2) is 45.4 Å². The van der Waals surface area contributed by atoms with Gasteiger partial charge in [0.1, 0.15) is 32.7 Å². The Bertz CT molecular complexity index is 905. The molecular formula is C24H33N3O3+2. The van der Waals surface area contributed by atoms with Crippen molar-refractivity contribution in [2.45, 2.75) is 33.2 Å². The molecule has 160 valence electrons. The molecule has 2 aromatic rings. The lowest BCUT2D eigenvalue weighted by atomic mass is 9.98. The van der Waals surface area contributed by atoms with Crippen LogP contribution in [-0.2, 0) is 11.3 Å². The number of carbonyl (C=O) groups is 1. The van der Waals surface area contributed by atoms with Gasteiger partial charge in [-0.1, -0.05) is 32.0 Å².